The van der Waals surface area contributed by atoms with E-state index in [4.69, 9.17) is 16.3 Å². The Bertz CT molecular complexity index is 237. The number of methoxy groups -OCH3 is 1. The van der Waals surface area contributed by atoms with Gasteiger partial charge in [-0.05, 0) is 40.8 Å². The lowest BCUT2D eigenvalue weighted by Crippen LogP contribution is -1.83. The van der Waals surface area contributed by atoms with Crippen LogP contribution in [0.2, 0.25) is 5.02 Å². The summed E-state index contributed by atoms with van der Waals surface area (Å²) in [7, 11) is 1.61. The molecule has 1 aromatic carbocycles. The number of halogens is 2. The smallest absolute Gasteiger partial charge is 0.137 e. The summed E-state index contributed by atoms with van der Waals surface area (Å²) >= 11 is 8.00. The van der Waals surface area contributed by atoms with Crippen molar-refractivity contribution < 1.29 is 4.74 Å². The Morgan fingerprint density at radius 3 is 2.70 bits per heavy atom. The number of hydrogen-bond acceptors (Lipinski definition) is 1. The molecule has 0 heterocycles. The minimum absolute atomic E-state index is 0.661. The molecule has 0 atom stereocenters. The predicted octanol–water partition coefficient (Wildman–Crippen LogP) is 2.95. The number of rotatable bonds is 1. The van der Waals surface area contributed by atoms with Crippen LogP contribution in [-0.4, -0.2) is 7.11 Å². The first-order valence-corrected chi connectivity index (χ1v) is 4.19. The van der Waals surface area contributed by atoms with Crippen molar-refractivity contribution in [1.82, 2.24) is 0 Å². The molecule has 0 unspecified atom stereocenters. The fraction of sp³-hybridized carbons (Fsp3) is 0.143. The number of ether oxygens (including phenoxy) is 1. The maximum Gasteiger partial charge on any atom is 0.137 e. The van der Waals surface area contributed by atoms with Gasteiger partial charge in [0, 0.05) is 3.57 Å². The maximum atomic E-state index is 5.80. The van der Waals surface area contributed by atoms with E-state index in [1.165, 1.54) is 0 Å². The van der Waals surface area contributed by atoms with Gasteiger partial charge >= 0.3 is 0 Å². The molecule has 0 N–H and O–H groups in total. The average molecular weight is 268 g/mol. The van der Waals surface area contributed by atoms with Crippen LogP contribution in [0, 0.1) is 3.57 Å². The molecule has 10 heavy (non-hydrogen) atoms. The molecule has 0 saturated heterocycles. The van der Waals surface area contributed by atoms with E-state index in [9.17, 15) is 0 Å². The molecule has 0 saturated carbocycles. The fourth-order valence-electron chi connectivity index (χ4n) is 0.641. The molecule has 0 amide bonds. The first-order valence-electron chi connectivity index (χ1n) is 2.73. The summed E-state index contributed by atoms with van der Waals surface area (Å²) in [5.41, 5.74) is 0. The van der Waals surface area contributed by atoms with E-state index in [0.29, 0.717) is 5.02 Å². The first-order chi connectivity index (χ1) is 4.74. The van der Waals surface area contributed by atoms with Crippen LogP contribution >= 0.6 is 34.2 Å². The number of hydrogen-bond donors (Lipinski definition) is 0. The Hall–Kier alpha value is 0.0400. The molecule has 54 valence electrons. The van der Waals surface area contributed by atoms with Crippen molar-refractivity contribution in [3.8, 4) is 5.75 Å². The summed E-state index contributed by atoms with van der Waals surface area (Å²) < 4.78 is 6.08. The average Bonchev–Trinajstić information content (AvgIpc) is 1.88. The predicted molar refractivity (Wildman–Crippen MR) is 50.7 cm³/mol. The minimum atomic E-state index is 0.661. The Balaban J connectivity index is 3.07. The summed E-state index contributed by atoms with van der Waals surface area (Å²) in [6.45, 7) is 0. The van der Waals surface area contributed by atoms with E-state index in [1.807, 2.05) is 18.2 Å². The summed E-state index contributed by atoms with van der Waals surface area (Å²) in [4.78, 5) is 0. The standard InChI is InChI=1S/C7H6ClIO/c1-10-7-3-2-5(9)4-6(7)8/h2-4H,1H3. The van der Waals surface area contributed by atoms with E-state index in [-0.39, 0.29) is 0 Å². The van der Waals surface area contributed by atoms with Gasteiger partial charge < -0.3 is 4.74 Å². The Kier molecular flexibility index (Phi) is 2.80. The van der Waals surface area contributed by atoms with E-state index in [1.54, 1.807) is 7.11 Å². The topological polar surface area (TPSA) is 9.23 Å². The minimum Gasteiger partial charge on any atom is -0.495 e. The van der Waals surface area contributed by atoms with Gasteiger partial charge in [0.15, 0.2) is 0 Å². The van der Waals surface area contributed by atoms with Gasteiger partial charge in [-0.15, -0.1) is 0 Å². The van der Waals surface area contributed by atoms with Crippen molar-refractivity contribution in [2.45, 2.75) is 0 Å². The summed E-state index contributed by atoms with van der Waals surface area (Å²) in [6.07, 6.45) is 0. The molecule has 0 aliphatic heterocycles. The third-order valence-electron chi connectivity index (χ3n) is 1.11. The zero-order valence-corrected chi connectivity index (χ0v) is 8.31. The van der Waals surface area contributed by atoms with E-state index in [2.05, 4.69) is 22.6 Å². The molecule has 1 rings (SSSR count). The summed E-state index contributed by atoms with van der Waals surface area (Å²) in [6, 6.07) is 5.66. The van der Waals surface area contributed by atoms with Gasteiger partial charge in [-0.3, -0.25) is 0 Å². The molecule has 0 aliphatic carbocycles. The fourth-order valence-corrected chi connectivity index (χ4v) is 1.57. The molecule has 0 radical (unpaired) electrons. The number of benzene rings is 1. The lowest BCUT2D eigenvalue weighted by Gasteiger charge is -2.00. The van der Waals surface area contributed by atoms with E-state index >= 15 is 0 Å². The molecule has 1 nitrogen and oxygen atoms in total. The quantitative estimate of drug-likeness (QED) is 0.712. The molecule has 1 aromatic rings. The molecule has 0 aromatic heterocycles. The highest BCUT2D eigenvalue weighted by atomic mass is 127. The highest BCUT2D eigenvalue weighted by Gasteiger charge is 1.97. The second-order valence-electron chi connectivity index (χ2n) is 1.78. The molecule has 0 bridgehead atoms. The first kappa shape index (κ1) is 8.14. The molecule has 0 spiro atoms. The zero-order valence-electron chi connectivity index (χ0n) is 5.40. The SMILES string of the molecule is COc1ccc(I)cc1Cl. The van der Waals surface area contributed by atoms with Crippen LogP contribution in [0.25, 0.3) is 0 Å². The highest BCUT2D eigenvalue weighted by molar-refractivity contribution is 14.1. The van der Waals surface area contributed by atoms with Gasteiger partial charge in [0.1, 0.15) is 5.75 Å². The molecular weight excluding hydrogens is 262 g/mol. The molecule has 0 fully saturated rings. The molecule has 3 heteroatoms. The van der Waals surface area contributed by atoms with Crippen LogP contribution in [0.4, 0.5) is 0 Å². The van der Waals surface area contributed by atoms with Crippen LogP contribution in [0.15, 0.2) is 18.2 Å². The van der Waals surface area contributed by atoms with Gasteiger partial charge in [0.25, 0.3) is 0 Å². The van der Waals surface area contributed by atoms with Gasteiger partial charge in [0.05, 0.1) is 12.1 Å². The van der Waals surface area contributed by atoms with Crippen LogP contribution in [0.1, 0.15) is 0 Å². The van der Waals surface area contributed by atoms with Gasteiger partial charge in [0.2, 0.25) is 0 Å². The van der Waals surface area contributed by atoms with Gasteiger partial charge in [-0.25, -0.2) is 0 Å². The second-order valence-corrected chi connectivity index (χ2v) is 3.43. The van der Waals surface area contributed by atoms with E-state index in [0.717, 1.165) is 9.32 Å². The van der Waals surface area contributed by atoms with Crippen molar-refractivity contribution in [1.29, 1.82) is 0 Å². The summed E-state index contributed by atoms with van der Waals surface area (Å²) in [5.74, 6) is 0.724. The van der Waals surface area contributed by atoms with Crippen molar-refractivity contribution in [2.75, 3.05) is 7.11 Å². The molecular formula is C7H6ClIO. The van der Waals surface area contributed by atoms with Crippen molar-refractivity contribution in [2.24, 2.45) is 0 Å². The van der Waals surface area contributed by atoms with Crippen LogP contribution in [0.5, 0.6) is 5.75 Å². The third-order valence-corrected chi connectivity index (χ3v) is 2.08. The van der Waals surface area contributed by atoms with Crippen LogP contribution in [0.3, 0.4) is 0 Å². The van der Waals surface area contributed by atoms with Gasteiger partial charge in [-0.1, -0.05) is 11.6 Å². The Labute approximate surface area is 78.5 Å². The zero-order chi connectivity index (χ0) is 7.56. The third kappa shape index (κ3) is 1.76. The molecule has 0 aliphatic rings. The summed E-state index contributed by atoms with van der Waals surface area (Å²) in [5, 5.41) is 0.661. The van der Waals surface area contributed by atoms with Crippen molar-refractivity contribution in [3.05, 3.63) is 26.8 Å². The Morgan fingerprint density at radius 2 is 2.20 bits per heavy atom. The lowest BCUT2D eigenvalue weighted by atomic mass is 10.3. The second kappa shape index (κ2) is 3.44. The van der Waals surface area contributed by atoms with Crippen LogP contribution < -0.4 is 4.74 Å². The normalized spacial score (nSPS) is 9.50. The lowest BCUT2D eigenvalue weighted by molar-refractivity contribution is 0.415. The highest BCUT2D eigenvalue weighted by Crippen LogP contribution is 2.25. The monoisotopic (exact) mass is 268 g/mol. The van der Waals surface area contributed by atoms with E-state index < -0.39 is 0 Å². The van der Waals surface area contributed by atoms with Crippen LogP contribution in [-0.2, 0) is 0 Å². The van der Waals surface area contributed by atoms with Crippen molar-refractivity contribution in [3.63, 3.8) is 0 Å². The largest absolute Gasteiger partial charge is 0.495 e. The Morgan fingerprint density at radius 1 is 1.50 bits per heavy atom. The van der Waals surface area contributed by atoms with Crippen molar-refractivity contribution >= 4 is 34.2 Å². The maximum absolute atomic E-state index is 5.80. The van der Waals surface area contributed by atoms with Gasteiger partial charge in [-0.2, -0.15) is 0 Å².